The van der Waals surface area contributed by atoms with Gasteiger partial charge in [0.15, 0.2) is 8.32 Å². The summed E-state index contributed by atoms with van der Waals surface area (Å²) in [6.07, 6.45) is 2.27. The molecular formula is C10H26O3Si4. The van der Waals surface area contributed by atoms with E-state index in [1.165, 1.54) is 0 Å². The van der Waals surface area contributed by atoms with E-state index in [0.29, 0.717) is 19.5 Å². The van der Waals surface area contributed by atoms with E-state index in [4.69, 9.17) is 12.7 Å². The molecule has 0 rings (SSSR count). The van der Waals surface area contributed by atoms with Crippen LogP contribution in [0.2, 0.25) is 45.3 Å². The molecule has 17 heavy (non-hydrogen) atoms. The second kappa shape index (κ2) is 8.78. The van der Waals surface area contributed by atoms with Gasteiger partial charge in [-0.25, -0.2) is 0 Å². The van der Waals surface area contributed by atoms with E-state index in [2.05, 4.69) is 39.3 Å². The number of unbranched alkanes of at least 4 members (excludes halogenated alkanes) is 1. The molecule has 0 spiro atoms. The minimum absolute atomic E-state index is 0.536. The highest BCUT2D eigenvalue weighted by Gasteiger charge is 2.35. The smallest absolute Gasteiger partial charge is 0.314 e. The minimum Gasteiger partial charge on any atom is -0.437 e. The molecule has 0 fully saturated rings. The standard InChI is InChI=1S/C10H26O3Si4/c1-14-11-9-7-8-10-17(6,12-15-2)13-16(3,4)5/h7-10H2,1-6H3. The molecule has 4 radical (unpaired) electrons. The first kappa shape index (κ1) is 17.7. The first-order chi connectivity index (χ1) is 7.83. The van der Waals surface area contributed by atoms with Gasteiger partial charge in [0.05, 0.1) is 0 Å². The molecular weight excluding hydrogens is 280 g/mol. The molecule has 0 heterocycles. The van der Waals surface area contributed by atoms with Gasteiger partial charge in [-0.2, -0.15) is 0 Å². The Morgan fingerprint density at radius 1 is 0.941 bits per heavy atom. The summed E-state index contributed by atoms with van der Waals surface area (Å²) in [6.45, 7) is 13.9. The number of rotatable bonds is 10. The van der Waals surface area contributed by atoms with Gasteiger partial charge in [-0.3, -0.25) is 0 Å². The Morgan fingerprint density at radius 3 is 2.06 bits per heavy atom. The zero-order valence-electron chi connectivity index (χ0n) is 12.1. The first-order valence-electron chi connectivity index (χ1n) is 6.16. The molecule has 0 aliphatic heterocycles. The summed E-state index contributed by atoms with van der Waals surface area (Å²) in [5, 5.41) is 0. The molecule has 100 valence electrons. The first-order valence-corrected chi connectivity index (χ1v) is 14.9. The zero-order chi connectivity index (χ0) is 13.4. The molecule has 0 aromatic heterocycles. The Morgan fingerprint density at radius 2 is 1.59 bits per heavy atom. The number of hydrogen-bond donors (Lipinski definition) is 0. The van der Waals surface area contributed by atoms with Crippen molar-refractivity contribution in [1.82, 2.24) is 0 Å². The van der Waals surface area contributed by atoms with Crippen LogP contribution in [0.1, 0.15) is 12.8 Å². The molecule has 0 N–H and O–H groups in total. The van der Waals surface area contributed by atoms with Crippen molar-refractivity contribution in [2.45, 2.75) is 58.2 Å². The van der Waals surface area contributed by atoms with Gasteiger partial charge in [-0.05, 0) is 58.2 Å². The molecule has 0 amide bonds. The molecule has 0 aromatic carbocycles. The lowest BCUT2D eigenvalue weighted by atomic mass is 10.4. The maximum atomic E-state index is 6.30. The van der Waals surface area contributed by atoms with Crippen molar-refractivity contribution in [2.24, 2.45) is 0 Å². The predicted molar refractivity (Wildman–Crippen MR) is 80.4 cm³/mol. The topological polar surface area (TPSA) is 27.7 Å². The molecule has 0 aliphatic rings. The molecule has 1 unspecified atom stereocenters. The van der Waals surface area contributed by atoms with Crippen molar-refractivity contribution in [2.75, 3.05) is 6.61 Å². The van der Waals surface area contributed by atoms with Gasteiger partial charge in [0.1, 0.15) is 0 Å². The van der Waals surface area contributed by atoms with Gasteiger partial charge in [-0.1, -0.05) is 0 Å². The van der Waals surface area contributed by atoms with Gasteiger partial charge in [0, 0.05) is 6.61 Å². The van der Waals surface area contributed by atoms with Gasteiger partial charge in [0.2, 0.25) is 19.5 Å². The van der Waals surface area contributed by atoms with E-state index in [1.54, 1.807) is 0 Å². The quantitative estimate of drug-likeness (QED) is 0.458. The van der Waals surface area contributed by atoms with Crippen LogP contribution in [0, 0.1) is 0 Å². The maximum Gasteiger partial charge on any atom is 0.314 e. The molecule has 0 bridgehead atoms. The van der Waals surface area contributed by atoms with E-state index < -0.39 is 16.9 Å². The Kier molecular flexibility index (Phi) is 9.17. The van der Waals surface area contributed by atoms with Gasteiger partial charge >= 0.3 is 8.56 Å². The van der Waals surface area contributed by atoms with Crippen molar-refractivity contribution in [3.8, 4) is 0 Å². The third-order valence-electron chi connectivity index (χ3n) is 2.11. The molecule has 7 heteroatoms. The highest BCUT2D eigenvalue weighted by molar-refractivity contribution is 6.83. The lowest BCUT2D eigenvalue weighted by Crippen LogP contribution is -2.47. The zero-order valence-corrected chi connectivity index (χ0v) is 16.1. The van der Waals surface area contributed by atoms with Gasteiger partial charge in [-0.15, -0.1) is 0 Å². The fourth-order valence-corrected chi connectivity index (χ4v) is 11.2. The van der Waals surface area contributed by atoms with Crippen LogP contribution in [0.15, 0.2) is 0 Å². The fourth-order valence-electron chi connectivity index (χ4n) is 1.71. The largest absolute Gasteiger partial charge is 0.437 e. The lowest BCUT2D eigenvalue weighted by Gasteiger charge is -2.33. The second-order valence-corrected chi connectivity index (χ2v) is 14.9. The van der Waals surface area contributed by atoms with Crippen LogP contribution in [0.4, 0.5) is 0 Å². The SMILES string of the molecule is C[Si]OCCCC[Si](C)(O[Si]C)O[Si](C)(C)C. The van der Waals surface area contributed by atoms with Crippen molar-refractivity contribution in [3.05, 3.63) is 0 Å². The van der Waals surface area contributed by atoms with E-state index in [1.807, 2.05) is 0 Å². The summed E-state index contributed by atoms with van der Waals surface area (Å²) >= 11 is 0. The summed E-state index contributed by atoms with van der Waals surface area (Å²) < 4.78 is 17.6. The highest BCUT2D eigenvalue weighted by atomic mass is 28.5. The van der Waals surface area contributed by atoms with Crippen molar-refractivity contribution >= 4 is 36.4 Å². The van der Waals surface area contributed by atoms with Crippen LogP contribution >= 0.6 is 0 Å². The lowest BCUT2D eigenvalue weighted by molar-refractivity contribution is 0.324. The normalized spacial score (nSPS) is 15.9. The maximum absolute atomic E-state index is 6.30. The van der Waals surface area contributed by atoms with Crippen LogP contribution in [-0.2, 0) is 12.7 Å². The Hall–Kier alpha value is 0.748. The third kappa shape index (κ3) is 10.4. The summed E-state index contributed by atoms with van der Waals surface area (Å²) in [5.74, 6) is 0. The Balaban J connectivity index is 4.03. The summed E-state index contributed by atoms with van der Waals surface area (Å²) in [7, 11) is -2.28. The average molecular weight is 307 g/mol. The molecule has 0 aromatic rings. The van der Waals surface area contributed by atoms with Gasteiger partial charge < -0.3 is 12.7 Å². The van der Waals surface area contributed by atoms with Crippen molar-refractivity contribution in [3.63, 3.8) is 0 Å². The van der Waals surface area contributed by atoms with E-state index >= 15 is 0 Å². The molecule has 3 nitrogen and oxygen atoms in total. The minimum atomic E-state index is -1.92. The molecule has 0 saturated carbocycles. The molecule has 0 saturated heterocycles. The third-order valence-corrected chi connectivity index (χ3v) is 10.6. The summed E-state index contributed by atoms with van der Waals surface area (Å²) in [5.41, 5.74) is 0. The van der Waals surface area contributed by atoms with Gasteiger partial charge in [0.25, 0.3) is 0 Å². The van der Waals surface area contributed by atoms with Crippen LogP contribution in [0.25, 0.3) is 0 Å². The van der Waals surface area contributed by atoms with E-state index in [9.17, 15) is 0 Å². The Labute approximate surface area is 114 Å². The summed E-state index contributed by atoms with van der Waals surface area (Å²) in [4.78, 5) is 0. The van der Waals surface area contributed by atoms with E-state index in [-0.39, 0.29) is 0 Å². The average Bonchev–Trinajstić information content (AvgIpc) is 2.14. The van der Waals surface area contributed by atoms with Crippen LogP contribution in [0.5, 0.6) is 0 Å². The molecule has 1 atom stereocenters. The van der Waals surface area contributed by atoms with Crippen LogP contribution < -0.4 is 0 Å². The van der Waals surface area contributed by atoms with Crippen LogP contribution in [-0.4, -0.2) is 43.0 Å². The summed E-state index contributed by atoms with van der Waals surface area (Å²) in [6, 6.07) is 1.09. The fraction of sp³-hybridized carbons (Fsp3) is 1.00. The van der Waals surface area contributed by atoms with Crippen LogP contribution in [0.3, 0.4) is 0 Å². The van der Waals surface area contributed by atoms with E-state index in [0.717, 1.165) is 25.5 Å². The molecule has 0 aliphatic carbocycles. The van der Waals surface area contributed by atoms with Crippen molar-refractivity contribution in [1.29, 1.82) is 0 Å². The van der Waals surface area contributed by atoms with Crippen molar-refractivity contribution < 1.29 is 12.7 Å². The second-order valence-electron chi connectivity index (χ2n) is 5.16. The monoisotopic (exact) mass is 306 g/mol. The predicted octanol–water partition coefficient (Wildman–Crippen LogP) is 3.06. The highest BCUT2D eigenvalue weighted by Crippen LogP contribution is 2.21. The number of hydrogen-bond acceptors (Lipinski definition) is 3. The Bertz CT molecular complexity index is 198.